The van der Waals surface area contributed by atoms with Crippen molar-refractivity contribution in [2.24, 2.45) is 11.8 Å². The van der Waals surface area contributed by atoms with E-state index in [1.165, 1.54) is 0 Å². The van der Waals surface area contributed by atoms with Gasteiger partial charge in [-0.25, -0.2) is 8.42 Å². The average Bonchev–Trinajstić information content (AvgIpc) is 2.93. The fraction of sp³-hybridized carbons (Fsp3) is 0.538. The highest BCUT2D eigenvalue weighted by molar-refractivity contribution is 14.1. The first-order chi connectivity index (χ1) is 9.00. The lowest BCUT2D eigenvalue weighted by molar-refractivity contribution is 0.360. The van der Waals surface area contributed by atoms with E-state index in [1.807, 2.05) is 19.1 Å². The van der Waals surface area contributed by atoms with Crippen molar-refractivity contribution >= 4 is 32.6 Å². The maximum atomic E-state index is 12.7. The molecular formula is C13H17IN2O2S. The molecule has 1 aromatic carbocycles. The zero-order valence-electron chi connectivity index (χ0n) is 10.7. The highest BCUT2D eigenvalue weighted by atomic mass is 127. The highest BCUT2D eigenvalue weighted by Gasteiger charge is 2.46. The van der Waals surface area contributed by atoms with Gasteiger partial charge in [0.05, 0.1) is 4.90 Å². The van der Waals surface area contributed by atoms with Gasteiger partial charge in [0, 0.05) is 16.2 Å². The SMILES string of the molecule is CC1C2CNCC2CN1S(=O)(=O)c1ccc(I)cc1. The Hall–Kier alpha value is -0.180. The van der Waals surface area contributed by atoms with E-state index in [4.69, 9.17) is 0 Å². The maximum Gasteiger partial charge on any atom is 0.243 e. The molecule has 3 rings (SSSR count). The number of hydrogen-bond donors (Lipinski definition) is 1. The molecule has 6 heteroatoms. The van der Waals surface area contributed by atoms with Crippen LogP contribution in [-0.2, 0) is 10.0 Å². The van der Waals surface area contributed by atoms with Gasteiger partial charge in [-0.3, -0.25) is 0 Å². The largest absolute Gasteiger partial charge is 0.316 e. The summed E-state index contributed by atoms with van der Waals surface area (Å²) in [5, 5.41) is 3.35. The third-order valence-electron chi connectivity index (χ3n) is 4.30. The van der Waals surface area contributed by atoms with Gasteiger partial charge >= 0.3 is 0 Å². The predicted molar refractivity (Wildman–Crippen MR) is 82.4 cm³/mol. The minimum atomic E-state index is -3.34. The molecule has 4 nitrogen and oxygen atoms in total. The van der Waals surface area contributed by atoms with Gasteiger partial charge in [-0.15, -0.1) is 0 Å². The van der Waals surface area contributed by atoms with Crippen LogP contribution in [0.5, 0.6) is 0 Å². The molecule has 104 valence electrons. The Balaban J connectivity index is 1.91. The van der Waals surface area contributed by atoms with Crippen molar-refractivity contribution in [3.63, 3.8) is 0 Å². The van der Waals surface area contributed by atoms with Crippen molar-refractivity contribution in [3.8, 4) is 0 Å². The molecule has 1 N–H and O–H groups in total. The van der Waals surface area contributed by atoms with E-state index in [0.29, 0.717) is 23.3 Å². The summed E-state index contributed by atoms with van der Waals surface area (Å²) in [6, 6.07) is 7.18. The van der Waals surface area contributed by atoms with Crippen LogP contribution in [0.4, 0.5) is 0 Å². The van der Waals surface area contributed by atoms with Crippen LogP contribution in [0.1, 0.15) is 6.92 Å². The summed E-state index contributed by atoms with van der Waals surface area (Å²) in [6.07, 6.45) is 0. The maximum absolute atomic E-state index is 12.7. The number of halogens is 1. The van der Waals surface area contributed by atoms with Crippen molar-refractivity contribution in [2.75, 3.05) is 19.6 Å². The van der Waals surface area contributed by atoms with Crippen molar-refractivity contribution in [1.29, 1.82) is 0 Å². The van der Waals surface area contributed by atoms with Crippen LogP contribution in [0, 0.1) is 15.4 Å². The molecule has 0 aromatic heterocycles. The second kappa shape index (κ2) is 4.98. The topological polar surface area (TPSA) is 49.4 Å². The van der Waals surface area contributed by atoms with Gasteiger partial charge in [0.15, 0.2) is 0 Å². The minimum absolute atomic E-state index is 0.0873. The van der Waals surface area contributed by atoms with E-state index in [9.17, 15) is 8.42 Å². The second-order valence-corrected chi connectivity index (χ2v) is 8.49. The van der Waals surface area contributed by atoms with Crippen molar-refractivity contribution in [1.82, 2.24) is 9.62 Å². The van der Waals surface area contributed by atoms with Crippen LogP contribution in [0.3, 0.4) is 0 Å². The molecule has 2 aliphatic heterocycles. The van der Waals surface area contributed by atoms with Crippen LogP contribution in [0.25, 0.3) is 0 Å². The van der Waals surface area contributed by atoms with Crippen molar-refractivity contribution in [2.45, 2.75) is 17.9 Å². The molecule has 0 aliphatic carbocycles. The number of nitrogens with zero attached hydrogens (tertiary/aromatic N) is 1. The molecule has 19 heavy (non-hydrogen) atoms. The Kier molecular flexibility index (Phi) is 3.61. The fourth-order valence-electron chi connectivity index (χ4n) is 3.19. The minimum Gasteiger partial charge on any atom is -0.316 e. The summed E-state index contributed by atoms with van der Waals surface area (Å²) in [4.78, 5) is 0.410. The smallest absolute Gasteiger partial charge is 0.243 e. The number of fused-ring (bicyclic) bond motifs is 1. The first-order valence-corrected chi connectivity index (χ1v) is 9.00. The molecule has 1 aromatic rings. The van der Waals surface area contributed by atoms with E-state index >= 15 is 0 Å². The summed E-state index contributed by atoms with van der Waals surface area (Å²) in [6.45, 7) is 4.55. The van der Waals surface area contributed by atoms with Crippen LogP contribution >= 0.6 is 22.6 Å². The van der Waals surface area contributed by atoms with E-state index in [2.05, 4.69) is 27.9 Å². The zero-order valence-corrected chi connectivity index (χ0v) is 13.7. The van der Waals surface area contributed by atoms with Gasteiger partial charge < -0.3 is 5.32 Å². The molecule has 3 unspecified atom stereocenters. The summed E-state index contributed by atoms with van der Waals surface area (Å²) in [7, 11) is -3.34. The highest BCUT2D eigenvalue weighted by Crippen LogP contribution is 2.36. The third-order valence-corrected chi connectivity index (χ3v) is 6.99. The molecule has 2 saturated heterocycles. The summed E-state index contributed by atoms with van der Waals surface area (Å²) in [5.41, 5.74) is 0. The number of nitrogens with one attached hydrogen (secondary N) is 1. The standard InChI is InChI=1S/C13H17IN2O2S/c1-9-13-7-15-6-10(13)8-16(9)19(17,18)12-4-2-11(14)3-5-12/h2-5,9-10,13,15H,6-8H2,1H3. The molecule has 0 radical (unpaired) electrons. The molecule has 2 heterocycles. The molecule has 0 bridgehead atoms. The molecule has 2 aliphatic rings. The summed E-state index contributed by atoms with van der Waals surface area (Å²) >= 11 is 2.18. The normalized spacial score (nSPS) is 31.6. The Bertz CT molecular complexity index is 573. The van der Waals surface area contributed by atoms with Gasteiger partial charge in [0.25, 0.3) is 0 Å². The first-order valence-electron chi connectivity index (χ1n) is 6.48. The Morgan fingerprint density at radius 2 is 1.95 bits per heavy atom. The fourth-order valence-corrected chi connectivity index (χ4v) is 5.28. The molecule has 0 spiro atoms. The number of benzene rings is 1. The van der Waals surface area contributed by atoms with Gasteiger partial charge in [-0.2, -0.15) is 4.31 Å². The summed E-state index contributed by atoms with van der Waals surface area (Å²) < 4.78 is 28.1. The number of rotatable bonds is 2. The second-order valence-electron chi connectivity index (χ2n) is 5.35. The van der Waals surface area contributed by atoms with E-state index in [1.54, 1.807) is 16.4 Å². The monoisotopic (exact) mass is 392 g/mol. The zero-order chi connectivity index (χ0) is 13.6. The van der Waals surface area contributed by atoms with E-state index < -0.39 is 10.0 Å². The van der Waals surface area contributed by atoms with Crippen molar-refractivity contribution < 1.29 is 8.42 Å². The average molecular weight is 392 g/mol. The van der Waals surface area contributed by atoms with E-state index in [0.717, 1.165) is 16.7 Å². The lowest BCUT2D eigenvalue weighted by Gasteiger charge is -2.23. The Labute approximate surface area is 127 Å². The lowest BCUT2D eigenvalue weighted by atomic mass is 9.95. The molecule has 3 atom stereocenters. The number of hydrogen-bond acceptors (Lipinski definition) is 3. The van der Waals surface area contributed by atoms with Crippen molar-refractivity contribution in [3.05, 3.63) is 27.8 Å². The number of sulfonamides is 1. The van der Waals surface area contributed by atoms with Crippen LogP contribution in [-0.4, -0.2) is 38.4 Å². The van der Waals surface area contributed by atoms with Gasteiger partial charge in [-0.05, 0) is 78.7 Å². The Morgan fingerprint density at radius 1 is 1.26 bits per heavy atom. The first kappa shape index (κ1) is 13.8. The van der Waals surface area contributed by atoms with Crippen LogP contribution in [0.2, 0.25) is 0 Å². The van der Waals surface area contributed by atoms with Gasteiger partial charge in [0.1, 0.15) is 0 Å². The molecule has 0 saturated carbocycles. The lowest BCUT2D eigenvalue weighted by Crippen LogP contribution is -2.38. The molecule has 0 amide bonds. The van der Waals surface area contributed by atoms with Crippen LogP contribution in [0.15, 0.2) is 29.2 Å². The molecule has 2 fully saturated rings. The van der Waals surface area contributed by atoms with Gasteiger partial charge in [0.2, 0.25) is 10.0 Å². The van der Waals surface area contributed by atoms with Gasteiger partial charge in [-0.1, -0.05) is 0 Å². The summed E-state index contributed by atoms with van der Waals surface area (Å²) in [5.74, 6) is 0.923. The van der Waals surface area contributed by atoms with E-state index in [-0.39, 0.29) is 6.04 Å². The molecular weight excluding hydrogens is 375 g/mol. The quantitative estimate of drug-likeness (QED) is 0.777. The van der Waals surface area contributed by atoms with Crippen LogP contribution < -0.4 is 5.32 Å². The third kappa shape index (κ3) is 2.32. The predicted octanol–water partition coefficient (Wildman–Crippen LogP) is 1.52. The Morgan fingerprint density at radius 3 is 2.58 bits per heavy atom.